The van der Waals surface area contributed by atoms with Crippen LogP contribution in [0.5, 0.6) is 17.2 Å². The van der Waals surface area contributed by atoms with Crippen LogP contribution < -0.4 is 14.2 Å². The fourth-order valence-corrected chi connectivity index (χ4v) is 5.00. The first-order valence-corrected chi connectivity index (χ1v) is 12.7. The van der Waals surface area contributed by atoms with E-state index in [1.165, 1.54) is 12.1 Å². The third kappa shape index (κ3) is 5.76. The van der Waals surface area contributed by atoms with Gasteiger partial charge in [-0.2, -0.15) is 13.2 Å². The third-order valence-electron chi connectivity index (χ3n) is 7.12. The Morgan fingerprint density at radius 1 is 0.816 bits per heavy atom. The number of hydrogen-bond donors (Lipinski definition) is 0. The lowest BCUT2D eigenvalue weighted by atomic mass is 10.1. The van der Waals surface area contributed by atoms with Gasteiger partial charge in [0, 0.05) is 62.6 Å². The Bertz CT molecular complexity index is 1230. The van der Waals surface area contributed by atoms with Crippen molar-refractivity contribution in [1.82, 2.24) is 19.4 Å². The number of rotatable bonds is 9. The molecule has 0 N–H and O–H groups in total. The summed E-state index contributed by atoms with van der Waals surface area (Å²) in [6.07, 6.45) is -4.35. The van der Waals surface area contributed by atoms with E-state index in [9.17, 15) is 13.2 Å². The highest BCUT2D eigenvalue weighted by atomic mass is 19.4. The van der Waals surface area contributed by atoms with Crippen molar-refractivity contribution in [2.24, 2.45) is 0 Å². The summed E-state index contributed by atoms with van der Waals surface area (Å²) in [6.45, 7) is 9.70. The number of nitrogens with zero attached hydrogens (tertiary/aromatic N) is 4. The van der Waals surface area contributed by atoms with E-state index in [1.807, 2.05) is 26.0 Å². The molecule has 1 fully saturated rings. The minimum Gasteiger partial charge on any atom is -0.493 e. The van der Waals surface area contributed by atoms with E-state index >= 15 is 0 Å². The first kappa shape index (κ1) is 27.8. The van der Waals surface area contributed by atoms with Crippen molar-refractivity contribution in [2.75, 3.05) is 47.5 Å². The molecule has 7 nitrogen and oxygen atoms in total. The highest BCUT2D eigenvalue weighted by molar-refractivity contribution is 5.58. The molecule has 1 aliphatic rings. The first-order chi connectivity index (χ1) is 18.2. The molecule has 0 spiro atoms. The zero-order chi connectivity index (χ0) is 27.4. The number of methoxy groups -OCH3 is 3. The maximum atomic E-state index is 13.0. The van der Waals surface area contributed by atoms with Crippen LogP contribution in [0.4, 0.5) is 13.2 Å². The van der Waals surface area contributed by atoms with Gasteiger partial charge in [-0.25, -0.2) is 4.98 Å². The molecule has 2 heterocycles. The summed E-state index contributed by atoms with van der Waals surface area (Å²) in [7, 11) is 4.84. The lowest BCUT2D eigenvalue weighted by Gasteiger charge is -2.34. The van der Waals surface area contributed by atoms with Gasteiger partial charge in [-0.1, -0.05) is 18.2 Å². The molecule has 1 aliphatic heterocycles. The van der Waals surface area contributed by atoms with Crippen LogP contribution in [-0.2, 0) is 25.8 Å². The van der Waals surface area contributed by atoms with E-state index in [0.29, 0.717) is 41.7 Å². The highest BCUT2D eigenvalue weighted by Gasteiger charge is 2.30. The van der Waals surface area contributed by atoms with E-state index in [-0.39, 0.29) is 0 Å². The zero-order valence-corrected chi connectivity index (χ0v) is 22.6. The number of aromatic nitrogens is 2. The molecular formula is C28H35F3N4O3. The van der Waals surface area contributed by atoms with E-state index in [0.717, 1.165) is 61.8 Å². The molecule has 38 heavy (non-hydrogen) atoms. The Labute approximate surface area is 221 Å². The predicted octanol–water partition coefficient (Wildman–Crippen LogP) is 5.24. The van der Waals surface area contributed by atoms with E-state index in [4.69, 9.17) is 19.2 Å². The van der Waals surface area contributed by atoms with Crippen LogP contribution in [0.1, 0.15) is 29.4 Å². The number of hydrogen-bond acceptors (Lipinski definition) is 6. The molecule has 0 atom stereocenters. The smallest absolute Gasteiger partial charge is 0.416 e. The monoisotopic (exact) mass is 532 g/mol. The highest BCUT2D eigenvalue weighted by Crippen LogP contribution is 2.40. The van der Waals surface area contributed by atoms with Gasteiger partial charge in [0.05, 0.1) is 32.6 Å². The number of imidazole rings is 1. The number of piperazine rings is 1. The van der Waals surface area contributed by atoms with E-state index in [2.05, 4.69) is 14.4 Å². The quantitative estimate of drug-likeness (QED) is 0.376. The van der Waals surface area contributed by atoms with Crippen LogP contribution in [0, 0.1) is 6.92 Å². The zero-order valence-electron chi connectivity index (χ0n) is 22.6. The molecular weight excluding hydrogens is 497 g/mol. The molecule has 0 radical (unpaired) electrons. The van der Waals surface area contributed by atoms with E-state index in [1.54, 1.807) is 21.3 Å². The van der Waals surface area contributed by atoms with Crippen LogP contribution >= 0.6 is 0 Å². The standard InChI is InChI=1S/C28H35F3N4O3/c1-6-35-19(2)23(32-27(35)20-7-10-22(11-8-20)28(29,30)31)18-34-15-13-33(14-16-34)17-21-9-12-24(36-3)26(38-5)25(21)37-4/h7-12H,6,13-18H2,1-5H3. The van der Waals surface area contributed by atoms with Gasteiger partial charge < -0.3 is 18.8 Å². The van der Waals surface area contributed by atoms with Gasteiger partial charge in [0.1, 0.15) is 5.82 Å². The number of halogens is 3. The van der Waals surface area contributed by atoms with Crippen molar-refractivity contribution < 1.29 is 27.4 Å². The number of benzene rings is 2. The minimum absolute atomic E-state index is 0.594. The van der Waals surface area contributed by atoms with Crippen LogP contribution in [0.2, 0.25) is 0 Å². The van der Waals surface area contributed by atoms with Gasteiger partial charge in [0.25, 0.3) is 0 Å². The topological polar surface area (TPSA) is 52.0 Å². The average Bonchev–Trinajstić information content (AvgIpc) is 3.23. The van der Waals surface area contributed by atoms with Crippen molar-refractivity contribution in [3.63, 3.8) is 0 Å². The summed E-state index contributed by atoms with van der Waals surface area (Å²) in [4.78, 5) is 9.62. The van der Waals surface area contributed by atoms with Crippen molar-refractivity contribution in [1.29, 1.82) is 0 Å². The maximum Gasteiger partial charge on any atom is 0.416 e. The fraction of sp³-hybridized carbons (Fsp3) is 0.464. The van der Waals surface area contributed by atoms with Crippen molar-refractivity contribution in [2.45, 2.75) is 39.7 Å². The van der Waals surface area contributed by atoms with Gasteiger partial charge in [0.15, 0.2) is 11.5 Å². The van der Waals surface area contributed by atoms with Crippen molar-refractivity contribution in [3.8, 4) is 28.6 Å². The molecule has 206 valence electrons. The molecule has 1 aromatic heterocycles. The molecule has 4 rings (SSSR count). The number of ether oxygens (including phenoxy) is 3. The Hall–Kier alpha value is -3.24. The second kappa shape index (κ2) is 11.7. The Balaban J connectivity index is 1.43. The first-order valence-electron chi connectivity index (χ1n) is 12.7. The van der Waals surface area contributed by atoms with Crippen molar-refractivity contribution >= 4 is 0 Å². The Morgan fingerprint density at radius 2 is 1.42 bits per heavy atom. The predicted molar refractivity (Wildman–Crippen MR) is 140 cm³/mol. The van der Waals surface area contributed by atoms with Gasteiger partial charge >= 0.3 is 6.18 Å². The molecule has 0 aliphatic carbocycles. The van der Waals surface area contributed by atoms with E-state index < -0.39 is 11.7 Å². The summed E-state index contributed by atoms with van der Waals surface area (Å²) < 4.78 is 57.6. The van der Waals surface area contributed by atoms with Gasteiger partial charge in [-0.15, -0.1) is 0 Å². The number of alkyl halides is 3. The normalized spacial score (nSPS) is 15.1. The van der Waals surface area contributed by atoms with Crippen molar-refractivity contribution in [3.05, 3.63) is 58.9 Å². The van der Waals surface area contributed by atoms with Gasteiger partial charge in [-0.05, 0) is 32.0 Å². The fourth-order valence-electron chi connectivity index (χ4n) is 5.00. The summed E-state index contributed by atoms with van der Waals surface area (Å²) in [5, 5.41) is 0. The summed E-state index contributed by atoms with van der Waals surface area (Å²) in [5.74, 6) is 2.62. The maximum absolute atomic E-state index is 13.0. The SMILES string of the molecule is CCn1c(-c2ccc(C(F)(F)F)cc2)nc(CN2CCN(Cc3ccc(OC)c(OC)c3OC)CC2)c1C. The molecule has 10 heteroatoms. The largest absolute Gasteiger partial charge is 0.493 e. The molecule has 0 unspecified atom stereocenters. The Kier molecular flexibility index (Phi) is 8.52. The third-order valence-corrected chi connectivity index (χ3v) is 7.12. The van der Waals surface area contributed by atoms with Gasteiger partial charge in [-0.3, -0.25) is 9.80 Å². The lowest BCUT2D eigenvalue weighted by molar-refractivity contribution is -0.137. The second-order valence-corrected chi connectivity index (χ2v) is 9.33. The molecule has 3 aromatic rings. The van der Waals surface area contributed by atoms with Crippen LogP contribution in [-0.4, -0.2) is 66.9 Å². The molecule has 1 saturated heterocycles. The average molecular weight is 533 g/mol. The summed E-state index contributed by atoms with van der Waals surface area (Å²) >= 11 is 0. The Morgan fingerprint density at radius 3 is 1.95 bits per heavy atom. The summed E-state index contributed by atoms with van der Waals surface area (Å²) in [5.41, 5.74) is 3.06. The molecule has 0 bridgehead atoms. The molecule has 2 aromatic carbocycles. The summed E-state index contributed by atoms with van der Waals surface area (Å²) in [6, 6.07) is 9.14. The van der Waals surface area contributed by atoms with Gasteiger partial charge in [0.2, 0.25) is 5.75 Å². The second-order valence-electron chi connectivity index (χ2n) is 9.33. The molecule has 0 amide bonds. The van der Waals surface area contributed by atoms with Crippen LogP contribution in [0.15, 0.2) is 36.4 Å². The minimum atomic E-state index is -4.35. The van der Waals surface area contributed by atoms with Crippen LogP contribution in [0.25, 0.3) is 11.4 Å². The lowest BCUT2D eigenvalue weighted by Crippen LogP contribution is -2.45. The molecule has 0 saturated carbocycles. The van der Waals surface area contributed by atoms with Crippen LogP contribution in [0.3, 0.4) is 0 Å².